The first-order valence-corrected chi connectivity index (χ1v) is 26.8. The van der Waals surface area contributed by atoms with E-state index in [0.29, 0.717) is 11.6 Å². The minimum absolute atomic E-state index is 0.673. The van der Waals surface area contributed by atoms with Crippen LogP contribution in [0.5, 0.6) is 0 Å². The van der Waals surface area contributed by atoms with Crippen molar-refractivity contribution in [2.24, 2.45) is 0 Å². The lowest BCUT2D eigenvalue weighted by Crippen LogP contribution is -2.31. The second-order valence-corrected chi connectivity index (χ2v) is 18.1. The summed E-state index contributed by atoms with van der Waals surface area (Å²) in [6, 6.07) is 94.3. The number of hydrogen-bond acceptors (Lipinski definition) is 4. The van der Waals surface area contributed by atoms with E-state index in [2.05, 4.69) is 244 Å². The molecule has 76 heavy (non-hydrogen) atoms. The van der Waals surface area contributed by atoms with Gasteiger partial charge in [0.2, 0.25) is 0 Å². The van der Waals surface area contributed by atoms with E-state index in [4.69, 9.17) is 19.9 Å². The fourth-order valence-corrected chi connectivity index (χ4v) is 9.77. The van der Waals surface area contributed by atoms with Crippen molar-refractivity contribution in [1.29, 1.82) is 0 Å². The molecule has 12 rings (SSSR count). The van der Waals surface area contributed by atoms with E-state index >= 15 is 0 Å². The average Bonchev–Trinajstić information content (AvgIpc) is 3.53. The molecule has 4 heteroatoms. The summed E-state index contributed by atoms with van der Waals surface area (Å²) in [4.78, 5) is 20.7. The smallest absolute Gasteiger partial charge is 0.160 e. The first-order chi connectivity index (χ1) is 37.6. The van der Waals surface area contributed by atoms with Crippen molar-refractivity contribution in [3.8, 4) is 67.8 Å². The molecular formula is C72H64N4. The van der Waals surface area contributed by atoms with Gasteiger partial charge in [0.25, 0.3) is 0 Å². The van der Waals surface area contributed by atoms with Gasteiger partial charge in [0, 0.05) is 33.4 Å². The molecule has 0 fully saturated rings. The molecule has 2 heterocycles. The van der Waals surface area contributed by atoms with Gasteiger partial charge in [0.15, 0.2) is 11.6 Å². The van der Waals surface area contributed by atoms with E-state index in [1.165, 1.54) is 28.0 Å². The molecule has 0 saturated carbocycles. The van der Waals surface area contributed by atoms with Crippen LogP contribution in [0.25, 0.3) is 89.4 Å². The summed E-state index contributed by atoms with van der Waals surface area (Å²) in [6.07, 6.45) is 1.25. The van der Waals surface area contributed by atoms with Gasteiger partial charge in [-0.1, -0.05) is 291 Å². The fourth-order valence-electron chi connectivity index (χ4n) is 9.77. The Morgan fingerprint density at radius 3 is 0.855 bits per heavy atom. The third-order valence-electron chi connectivity index (χ3n) is 13.2. The van der Waals surface area contributed by atoms with Gasteiger partial charge in [0.1, 0.15) is 0 Å². The Morgan fingerprint density at radius 1 is 0.250 bits per heavy atom. The minimum atomic E-state index is -0.673. The third-order valence-corrected chi connectivity index (χ3v) is 13.2. The number of rotatable bonds is 10. The molecule has 372 valence electrons. The van der Waals surface area contributed by atoms with Gasteiger partial charge in [-0.2, -0.15) is 0 Å². The highest BCUT2D eigenvalue weighted by atomic mass is 14.9. The zero-order valence-electron chi connectivity index (χ0n) is 44.4. The molecule has 0 saturated heterocycles. The zero-order chi connectivity index (χ0) is 52.7. The highest BCUT2D eigenvalue weighted by Gasteiger charge is 2.38. The monoisotopic (exact) mass is 985 g/mol. The first-order valence-electron chi connectivity index (χ1n) is 26.8. The number of fused-ring (bicyclic) bond motifs is 2. The van der Waals surface area contributed by atoms with Crippen molar-refractivity contribution >= 4 is 21.5 Å². The van der Waals surface area contributed by atoms with Crippen molar-refractivity contribution in [3.05, 3.63) is 289 Å². The van der Waals surface area contributed by atoms with Crippen molar-refractivity contribution in [3.63, 3.8) is 0 Å². The van der Waals surface area contributed by atoms with Crippen molar-refractivity contribution in [2.45, 2.75) is 53.4 Å². The van der Waals surface area contributed by atoms with Crippen LogP contribution in [0.4, 0.5) is 0 Å². The Labute approximate surface area is 449 Å². The molecule has 0 aliphatic rings. The van der Waals surface area contributed by atoms with Crippen LogP contribution in [0.3, 0.4) is 0 Å². The molecule has 4 nitrogen and oxygen atoms in total. The largest absolute Gasteiger partial charge is 0.228 e. The summed E-state index contributed by atoms with van der Waals surface area (Å²) in [7, 11) is 0. The predicted octanol–water partition coefficient (Wildman–Crippen LogP) is 19.4. The first kappa shape index (κ1) is 51.8. The van der Waals surface area contributed by atoms with E-state index in [9.17, 15) is 0 Å². The zero-order valence-corrected chi connectivity index (χ0v) is 44.4. The molecule has 0 aliphatic heterocycles. The Hall–Kier alpha value is -9.12. The van der Waals surface area contributed by atoms with Gasteiger partial charge in [0.05, 0.1) is 28.2 Å². The number of benzene rings is 10. The summed E-state index contributed by atoms with van der Waals surface area (Å²) >= 11 is 0. The molecule has 2 aromatic heterocycles. The Kier molecular flexibility index (Phi) is 16.9. The predicted molar refractivity (Wildman–Crippen MR) is 322 cm³/mol. The Bertz CT molecular complexity index is 3510. The van der Waals surface area contributed by atoms with Crippen molar-refractivity contribution in [2.75, 3.05) is 0 Å². The van der Waals surface area contributed by atoms with Gasteiger partial charge in [-0.05, 0) is 68.1 Å². The van der Waals surface area contributed by atoms with E-state index in [-0.39, 0.29) is 0 Å². The van der Waals surface area contributed by atoms with E-state index in [1.54, 1.807) is 0 Å². The van der Waals surface area contributed by atoms with Gasteiger partial charge in [-0.15, -0.1) is 0 Å². The fraction of sp³-hybridized carbons (Fsp3) is 0.111. The minimum Gasteiger partial charge on any atom is -0.228 e. The quantitative estimate of drug-likeness (QED) is 0.128. The van der Waals surface area contributed by atoms with E-state index in [0.717, 1.165) is 78.4 Å². The van der Waals surface area contributed by atoms with Gasteiger partial charge in [-0.25, -0.2) is 19.9 Å². The number of aromatic nitrogens is 4. The van der Waals surface area contributed by atoms with Crippen LogP contribution < -0.4 is 0 Å². The van der Waals surface area contributed by atoms with Crippen LogP contribution in [-0.4, -0.2) is 19.9 Å². The Morgan fingerprint density at radius 2 is 0.513 bits per heavy atom. The molecule has 0 spiro atoms. The second kappa shape index (κ2) is 24.7. The number of hydrogen-bond donors (Lipinski definition) is 0. The van der Waals surface area contributed by atoms with Crippen LogP contribution in [-0.2, 0) is 5.41 Å². The molecule has 0 bridgehead atoms. The molecule has 12 aromatic rings. The summed E-state index contributed by atoms with van der Waals surface area (Å²) in [5.74, 6) is 1.37. The molecule has 0 amide bonds. The van der Waals surface area contributed by atoms with E-state index in [1.807, 2.05) is 64.1 Å². The molecule has 0 unspecified atom stereocenters. The molecular weight excluding hydrogens is 921 g/mol. The molecule has 0 N–H and O–H groups in total. The topological polar surface area (TPSA) is 51.6 Å². The SMILES string of the molecule is CC.CC.CCC.c1ccc(-c2nc(-c3ccc(C(c4ccccc4)(c4ccccc4)c4ccc(-c5cc(-c6ccc7ccccc7c6)nc(-c6ccccc6)n5)cc4)cc3)cc(-c3ccc4ccccc4c3)n2)cc1. The highest BCUT2D eigenvalue weighted by Crippen LogP contribution is 2.46. The third kappa shape index (κ3) is 11.0. The summed E-state index contributed by atoms with van der Waals surface area (Å²) in [6.45, 7) is 12.2. The van der Waals surface area contributed by atoms with Gasteiger partial charge >= 0.3 is 0 Å². The van der Waals surface area contributed by atoms with Crippen LogP contribution >= 0.6 is 0 Å². The van der Waals surface area contributed by atoms with Gasteiger partial charge in [-0.3, -0.25) is 0 Å². The van der Waals surface area contributed by atoms with Crippen LogP contribution in [0.15, 0.2) is 267 Å². The Balaban J connectivity index is 0.000000965. The summed E-state index contributed by atoms with van der Waals surface area (Å²) in [5, 5.41) is 4.74. The maximum atomic E-state index is 5.21. The highest BCUT2D eigenvalue weighted by molar-refractivity contribution is 5.89. The lowest BCUT2D eigenvalue weighted by atomic mass is 9.65. The molecule has 0 radical (unpaired) electrons. The number of nitrogens with zero attached hydrogens (tertiary/aromatic N) is 4. The van der Waals surface area contributed by atoms with Crippen LogP contribution in [0.2, 0.25) is 0 Å². The maximum Gasteiger partial charge on any atom is 0.160 e. The van der Waals surface area contributed by atoms with Crippen LogP contribution in [0.1, 0.15) is 70.2 Å². The molecule has 0 atom stereocenters. The van der Waals surface area contributed by atoms with Crippen LogP contribution in [0, 0.1) is 0 Å². The molecule has 0 aliphatic carbocycles. The summed E-state index contributed by atoms with van der Waals surface area (Å²) in [5.41, 5.74) is 13.4. The maximum absolute atomic E-state index is 5.21. The second-order valence-electron chi connectivity index (χ2n) is 18.1. The average molecular weight is 985 g/mol. The van der Waals surface area contributed by atoms with Gasteiger partial charge < -0.3 is 0 Å². The lowest BCUT2D eigenvalue weighted by Gasteiger charge is -2.37. The summed E-state index contributed by atoms with van der Waals surface area (Å²) < 4.78 is 0. The lowest BCUT2D eigenvalue weighted by molar-refractivity contribution is 0.745. The molecule has 10 aromatic carbocycles. The normalized spacial score (nSPS) is 10.8. The standard InChI is InChI=1S/C65H44N4.C3H8.2C2H6/c1-5-19-49(20-6-1)63-66-59(43-61(68-63)53-31-29-45-17-13-15-23-51(45)41-53)47-33-37-57(38-34-47)65(55-25-9-3-10-26-55,56-27-11-4-12-28-56)58-39-35-48(36-40-58)60-44-62(69-64(67-60)50-21-7-2-8-22-50)54-32-30-46-18-14-16-24-52(46)42-54;1-3-2;2*1-2/h1-44H;3H2,1-2H3;2*1-2H3. The van der Waals surface area contributed by atoms with Crippen molar-refractivity contribution in [1.82, 2.24) is 19.9 Å². The van der Waals surface area contributed by atoms with E-state index < -0.39 is 5.41 Å². The van der Waals surface area contributed by atoms with Crippen molar-refractivity contribution < 1.29 is 0 Å².